The van der Waals surface area contributed by atoms with E-state index in [1.54, 1.807) is 30.3 Å². The molecule has 140 valence electrons. The Morgan fingerprint density at radius 1 is 0.759 bits per heavy atom. The number of benzene rings is 3. The van der Waals surface area contributed by atoms with E-state index in [1.807, 2.05) is 0 Å². The van der Waals surface area contributed by atoms with Gasteiger partial charge in [-0.1, -0.05) is 24.3 Å². The molecule has 9 nitrogen and oxygen atoms in total. The van der Waals surface area contributed by atoms with Gasteiger partial charge in [0.15, 0.2) is 0 Å². The second kappa shape index (κ2) is 9.96. The molecule has 3 N–H and O–H groups in total. The van der Waals surface area contributed by atoms with E-state index in [0.717, 1.165) is 12.1 Å². The van der Waals surface area contributed by atoms with Crippen molar-refractivity contribution in [3.8, 4) is 5.75 Å². The van der Waals surface area contributed by atoms with E-state index >= 15 is 0 Å². The molecule has 0 aromatic heterocycles. The Kier molecular flexibility index (Phi) is 8.99. The monoisotopic (exact) mass is 454 g/mol. The summed E-state index contributed by atoms with van der Waals surface area (Å²) in [5.74, 6) is -0.438. The number of fused-ring (bicyclic) bond motifs is 1. The van der Waals surface area contributed by atoms with Gasteiger partial charge in [0.05, 0.1) is 10.6 Å². The average Bonchev–Trinajstić information content (AvgIpc) is 2.59. The molecule has 0 atom stereocenters. The first kappa shape index (κ1) is 26.2. The van der Waals surface area contributed by atoms with Gasteiger partial charge in [0.1, 0.15) is 16.3 Å². The van der Waals surface area contributed by atoms with Crippen LogP contribution in [0.1, 0.15) is 0 Å². The van der Waals surface area contributed by atoms with Gasteiger partial charge in [0, 0.05) is 5.39 Å². The zero-order chi connectivity index (χ0) is 19.8. The van der Waals surface area contributed by atoms with Crippen LogP contribution in [0.15, 0.2) is 74.6 Å². The summed E-state index contributed by atoms with van der Waals surface area (Å²) in [6, 6.07) is 12.3. The van der Waals surface area contributed by atoms with Crippen molar-refractivity contribution in [2.24, 2.45) is 10.2 Å². The average molecular weight is 454 g/mol. The van der Waals surface area contributed by atoms with Crippen LogP contribution in [0.25, 0.3) is 10.8 Å². The third-order valence-corrected chi connectivity index (χ3v) is 5.31. The van der Waals surface area contributed by atoms with E-state index in [9.17, 15) is 31.0 Å². The summed E-state index contributed by atoms with van der Waals surface area (Å²) in [6.07, 6.45) is 0. The number of phenols is 1. The minimum atomic E-state index is -4.92. The molecular weight excluding hydrogens is 442 g/mol. The van der Waals surface area contributed by atoms with Gasteiger partial charge in [-0.25, -0.2) is 0 Å². The Bertz CT molecular complexity index is 1280. The largest absolute Gasteiger partial charge is 1.00 e. The van der Waals surface area contributed by atoms with Crippen molar-refractivity contribution in [3.63, 3.8) is 0 Å². The molecule has 0 aliphatic rings. The van der Waals surface area contributed by atoms with E-state index < -0.39 is 35.8 Å². The standard InChI is InChI=1S/C16H12N2O7S2.2Na/c19-13-7-6-10-8-12(26(20,21)22)9-14(27(23,24)25)15(10)16(13)18-17-11-4-2-1-3-5-11;;/h1-9,19H,(H,20,21,22)(H,23,24,25);;/q;2*+1. The van der Waals surface area contributed by atoms with Crippen LogP contribution in [0.3, 0.4) is 0 Å². The molecule has 0 unspecified atom stereocenters. The maximum Gasteiger partial charge on any atom is 1.00 e. The SMILES string of the molecule is O=S(=O)(O)c1cc(S(=O)(=O)O)c2c(N=Nc3ccccc3)c(O)ccc2c1.[Na+].[Na+]. The van der Waals surface area contributed by atoms with E-state index in [-0.39, 0.29) is 75.6 Å². The van der Waals surface area contributed by atoms with Crippen molar-refractivity contribution in [1.29, 1.82) is 0 Å². The molecule has 3 aromatic rings. The number of azo groups is 1. The van der Waals surface area contributed by atoms with E-state index in [4.69, 9.17) is 0 Å². The van der Waals surface area contributed by atoms with Crippen LogP contribution in [-0.2, 0) is 20.2 Å². The molecule has 3 rings (SSSR count). The van der Waals surface area contributed by atoms with Gasteiger partial charge in [0.25, 0.3) is 20.2 Å². The minimum Gasteiger partial charge on any atom is -0.506 e. The Hall–Kier alpha value is -0.860. The Balaban J connectivity index is 0.00000210. The topological polar surface area (TPSA) is 154 Å². The fourth-order valence-corrected chi connectivity index (χ4v) is 3.79. The predicted molar refractivity (Wildman–Crippen MR) is 95.9 cm³/mol. The van der Waals surface area contributed by atoms with Gasteiger partial charge < -0.3 is 5.11 Å². The van der Waals surface area contributed by atoms with Crippen LogP contribution in [-0.4, -0.2) is 31.0 Å². The zero-order valence-corrected chi connectivity index (χ0v) is 21.0. The van der Waals surface area contributed by atoms with Gasteiger partial charge in [-0.3, -0.25) is 9.11 Å². The van der Waals surface area contributed by atoms with Crippen LogP contribution in [0.2, 0.25) is 0 Å². The Labute approximate surface area is 210 Å². The number of hydrogen-bond acceptors (Lipinski definition) is 7. The molecule has 0 fully saturated rings. The van der Waals surface area contributed by atoms with E-state index in [0.29, 0.717) is 11.8 Å². The molecule has 0 aliphatic carbocycles. The predicted octanol–water partition coefficient (Wildman–Crippen LogP) is -2.54. The van der Waals surface area contributed by atoms with Gasteiger partial charge in [-0.05, 0) is 35.7 Å². The molecule has 0 saturated carbocycles. The summed E-state index contributed by atoms with van der Waals surface area (Å²) in [7, 11) is -9.67. The molecular formula is C16H12N2Na2O7S2+2. The molecule has 0 heterocycles. The van der Waals surface area contributed by atoms with Gasteiger partial charge in [-0.2, -0.15) is 21.9 Å². The van der Waals surface area contributed by atoms with Crippen molar-refractivity contribution < 1.29 is 90.2 Å². The quantitative estimate of drug-likeness (QED) is 0.223. The number of nitrogens with zero attached hydrogens (tertiary/aromatic N) is 2. The van der Waals surface area contributed by atoms with Crippen LogP contribution in [0.5, 0.6) is 5.75 Å². The fourth-order valence-electron chi connectivity index (χ4n) is 2.43. The minimum absolute atomic E-state index is 0. The van der Waals surface area contributed by atoms with Crippen LogP contribution in [0, 0.1) is 0 Å². The third kappa shape index (κ3) is 6.07. The van der Waals surface area contributed by atoms with Crippen LogP contribution in [0.4, 0.5) is 11.4 Å². The van der Waals surface area contributed by atoms with Crippen LogP contribution < -0.4 is 59.1 Å². The maximum absolute atomic E-state index is 11.8. The van der Waals surface area contributed by atoms with Crippen molar-refractivity contribution >= 4 is 42.4 Å². The first-order chi connectivity index (χ1) is 12.6. The number of hydrogen-bond donors (Lipinski definition) is 3. The summed E-state index contributed by atoms with van der Waals surface area (Å²) in [5, 5.41) is 17.6. The summed E-state index contributed by atoms with van der Waals surface area (Å²) < 4.78 is 65.1. The second-order valence-corrected chi connectivity index (χ2v) is 8.25. The number of aromatic hydroxyl groups is 1. The van der Waals surface area contributed by atoms with E-state index in [1.165, 1.54) is 6.07 Å². The summed E-state index contributed by atoms with van der Waals surface area (Å²) in [6.45, 7) is 0. The van der Waals surface area contributed by atoms with Gasteiger partial charge in [0.2, 0.25) is 0 Å². The molecule has 0 saturated heterocycles. The fraction of sp³-hybridized carbons (Fsp3) is 0. The van der Waals surface area contributed by atoms with Crippen molar-refractivity contribution in [2.45, 2.75) is 9.79 Å². The zero-order valence-electron chi connectivity index (χ0n) is 15.4. The van der Waals surface area contributed by atoms with Crippen molar-refractivity contribution in [3.05, 3.63) is 54.6 Å². The number of rotatable bonds is 4. The van der Waals surface area contributed by atoms with Crippen molar-refractivity contribution in [2.75, 3.05) is 0 Å². The van der Waals surface area contributed by atoms with Gasteiger partial charge >= 0.3 is 59.1 Å². The Morgan fingerprint density at radius 2 is 1.38 bits per heavy atom. The van der Waals surface area contributed by atoms with Gasteiger partial charge in [-0.15, -0.1) is 5.11 Å². The molecule has 0 bridgehead atoms. The Morgan fingerprint density at radius 3 is 1.93 bits per heavy atom. The molecule has 0 radical (unpaired) electrons. The third-order valence-electron chi connectivity index (χ3n) is 3.60. The molecule has 13 heteroatoms. The van der Waals surface area contributed by atoms with E-state index in [2.05, 4.69) is 10.2 Å². The summed E-state index contributed by atoms with van der Waals surface area (Å²) >= 11 is 0. The van der Waals surface area contributed by atoms with Crippen molar-refractivity contribution in [1.82, 2.24) is 0 Å². The first-order valence-electron chi connectivity index (χ1n) is 7.29. The summed E-state index contributed by atoms with van der Waals surface area (Å²) in [4.78, 5) is -1.58. The maximum atomic E-state index is 11.8. The molecule has 0 amide bonds. The normalized spacial score (nSPS) is 11.8. The van der Waals surface area contributed by atoms with Crippen LogP contribution >= 0.6 is 0 Å². The first-order valence-corrected chi connectivity index (χ1v) is 10.2. The second-order valence-electron chi connectivity index (χ2n) is 5.44. The molecule has 0 spiro atoms. The summed E-state index contributed by atoms with van der Waals surface area (Å²) in [5.41, 5.74) is 0.128. The molecule has 3 aromatic carbocycles. The number of phenolic OH excluding ortho intramolecular Hbond substituents is 1. The molecule has 0 aliphatic heterocycles. The smallest absolute Gasteiger partial charge is 0.506 e. The molecule has 29 heavy (non-hydrogen) atoms.